The minimum absolute atomic E-state index is 0.107. The van der Waals surface area contributed by atoms with Gasteiger partial charge in [0, 0.05) is 12.1 Å². The minimum atomic E-state index is -0.391. The third-order valence-electron chi connectivity index (χ3n) is 3.43. The van der Waals surface area contributed by atoms with E-state index in [9.17, 15) is 9.59 Å². The lowest BCUT2D eigenvalue weighted by Gasteiger charge is -2.19. The molecule has 0 fully saturated rings. The summed E-state index contributed by atoms with van der Waals surface area (Å²) in [5.74, 6) is -0.497. The molecule has 5 nitrogen and oxygen atoms in total. The van der Waals surface area contributed by atoms with Gasteiger partial charge in [-0.25, -0.2) is 9.78 Å². The third-order valence-corrected chi connectivity index (χ3v) is 4.59. The van der Waals surface area contributed by atoms with Crippen molar-refractivity contribution in [2.75, 3.05) is 18.1 Å². The highest BCUT2D eigenvalue weighted by Crippen LogP contribution is 2.28. The zero-order valence-electron chi connectivity index (χ0n) is 14.5. The monoisotopic (exact) mass is 346 g/mol. The van der Waals surface area contributed by atoms with Crippen LogP contribution in [0.4, 0.5) is 5.13 Å². The molecule has 128 valence electrons. The molecular weight excluding hydrogens is 324 g/mol. The highest BCUT2D eigenvalue weighted by Gasteiger charge is 2.24. The van der Waals surface area contributed by atoms with Crippen LogP contribution in [0.5, 0.6) is 0 Å². The van der Waals surface area contributed by atoms with Crippen molar-refractivity contribution in [3.63, 3.8) is 0 Å². The van der Waals surface area contributed by atoms with E-state index in [1.54, 1.807) is 24.8 Å². The second kappa shape index (κ2) is 8.06. The van der Waals surface area contributed by atoms with Crippen LogP contribution >= 0.6 is 11.3 Å². The molecule has 1 aromatic heterocycles. The Bertz CT molecular complexity index is 740. The number of thiazole rings is 1. The van der Waals surface area contributed by atoms with Crippen molar-refractivity contribution >= 4 is 28.3 Å². The zero-order valence-corrected chi connectivity index (χ0v) is 15.3. The van der Waals surface area contributed by atoms with E-state index in [1.165, 1.54) is 11.3 Å². The lowest BCUT2D eigenvalue weighted by molar-refractivity contribution is 0.0531. The molecule has 0 saturated carbocycles. The SMILES string of the molecule is CCCN(C(=O)c1cccc(C)c1)c1nc(C)c(C(=O)OCC)s1. The van der Waals surface area contributed by atoms with Gasteiger partial charge in [-0.2, -0.15) is 0 Å². The Morgan fingerprint density at radius 1 is 1.25 bits per heavy atom. The van der Waals surface area contributed by atoms with E-state index in [1.807, 2.05) is 32.0 Å². The van der Waals surface area contributed by atoms with Crippen molar-refractivity contribution in [1.29, 1.82) is 0 Å². The fourth-order valence-electron chi connectivity index (χ4n) is 2.33. The summed E-state index contributed by atoms with van der Waals surface area (Å²) >= 11 is 1.20. The summed E-state index contributed by atoms with van der Waals surface area (Å²) in [6.45, 7) is 8.33. The maximum atomic E-state index is 12.9. The van der Waals surface area contributed by atoms with Crippen molar-refractivity contribution < 1.29 is 14.3 Å². The van der Waals surface area contributed by atoms with Gasteiger partial charge in [-0.05, 0) is 39.3 Å². The molecule has 0 N–H and O–H groups in total. The molecule has 24 heavy (non-hydrogen) atoms. The highest BCUT2D eigenvalue weighted by atomic mass is 32.1. The zero-order chi connectivity index (χ0) is 17.7. The van der Waals surface area contributed by atoms with Crippen molar-refractivity contribution in [3.05, 3.63) is 46.0 Å². The average Bonchev–Trinajstić information content (AvgIpc) is 2.94. The van der Waals surface area contributed by atoms with Gasteiger partial charge in [-0.15, -0.1) is 0 Å². The topological polar surface area (TPSA) is 59.5 Å². The van der Waals surface area contributed by atoms with Gasteiger partial charge in [0.05, 0.1) is 12.3 Å². The van der Waals surface area contributed by atoms with Gasteiger partial charge < -0.3 is 4.74 Å². The van der Waals surface area contributed by atoms with Crippen molar-refractivity contribution in [3.8, 4) is 0 Å². The number of aryl methyl sites for hydroxylation is 2. The fourth-order valence-corrected chi connectivity index (χ4v) is 3.31. The van der Waals surface area contributed by atoms with Gasteiger partial charge >= 0.3 is 5.97 Å². The third kappa shape index (κ3) is 4.00. The maximum Gasteiger partial charge on any atom is 0.350 e. The smallest absolute Gasteiger partial charge is 0.350 e. The summed E-state index contributed by atoms with van der Waals surface area (Å²) in [6.07, 6.45) is 0.797. The standard InChI is InChI=1S/C18H22N2O3S/c1-5-10-20(16(21)14-9-7-8-12(3)11-14)18-19-13(4)15(24-18)17(22)23-6-2/h7-9,11H,5-6,10H2,1-4H3. The fraction of sp³-hybridized carbons (Fsp3) is 0.389. The number of aromatic nitrogens is 1. The molecule has 0 saturated heterocycles. The molecular formula is C18H22N2O3S. The van der Waals surface area contributed by atoms with Crippen molar-refractivity contribution in [2.24, 2.45) is 0 Å². The van der Waals surface area contributed by atoms with Crippen molar-refractivity contribution in [1.82, 2.24) is 4.98 Å². The second-order valence-electron chi connectivity index (χ2n) is 5.46. The number of carbonyl (C=O) groups is 2. The molecule has 0 atom stereocenters. The average molecular weight is 346 g/mol. The minimum Gasteiger partial charge on any atom is -0.462 e. The van der Waals surface area contributed by atoms with Gasteiger partial charge in [0.2, 0.25) is 0 Å². The number of benzene rings is 1. The van der Waals surface area contributed by atoms with Gasteiger partial charge in [0.1, 0.15) is 4.88 Å². The number of ether oxygens (including phenoxy) is 1. The van der Waals surface area contributed by atoms with Gasteiger partial charge in [0.25, 0.3) is 5.91 Å². The number of nitrogens with zero attached hydrogens (tertiary/aromatic N) is 2. The first kappa shape index (κ1) is 18.1. The van der Waals surface area contributed by atoms with Crippen molar-refractivity contribution in [2.45, 2.75) is 34.1 Å². The molecule has 0 aliphatic carbocycles. The van der Waals surface area contributed by atoms with Crippen LogP contribution in [0.1, 0.15) is 51.6 Å². The molecule has 1 heterocycles. The molecule has 0 aliphatic rings. The van der Waals surface area contributed by atoms with Crippen LogP contribution in [0, 0.1) is 13.8 Å². The number of esters is 1. The van der Waals surface area contributed by atoms with E-state index in [2.05, 4.69) is 4.98 Å². The molecule has 1 amide bonds. The van der Waals surface area contributed by atoms with Crippen LogP contribution in [0.15, 0.2) is 24.3 Å². The van der Waals surface area contributed by atoms with Gasteiger partial charge in [-0.3, -0.25) is 9.69 Å². The Kier molecular flexibility index (Phi) is 6.09. The normalized spacial score (nSPS) is 10.5. The first-order valence-electron chi connectivity index (χ1n) is 8.01. The summed E-state index contributed by atoms with van der Waals surface area (Å²) in [5.41, 5.74) is 2.24. The first-order valence-corrected chi connectivity index (χ1v) is 8.82. The number of amides is 1. The Hall–Kier alpha value is -2.21. The highest BCUT2D eigenvalue weighted by molar-refractivity contribution is 7.17. The van der Waals surface area contributed by atoms with E-state index < -0.39 is 5.97 Å². The maximum absolute atomic E-state index is 12.9. The molecule has 0 unspecified atom stereocenters. The Morgan fingerprint density at radius 2 is 2.00 bits per heavy atom. The number of rotatable bonds is 6. The molecule has 0 bridgehead atoms. The summed E-state index contributed by atoms with van der Waals surface area (Å²) in [5, 5.41) is 0.531. The molecule has 1 aromatic carbocycles. The van der Waals surface area contributed by atoms with E-state index >= 15 is 0 Å². The van der Waals surface area contributed by atoms with Crippen LogP contribution in [0.3, 0.4) is 0 Å². The summed E-state index contributed by atoms with van der Waals surface area (Å²) < 4.78 is 5.05. The number of anilines is 1. The van der Waals surface area contributed by atoms with E-state index in [0.717, 1.165) is 12.0 Å². The van der Waals surface area contributed by atoms with Crippen LogP contribution in [-0.4, -0.2) is 30.0 Å². The van der Waals surface area contributed by atoms with Gasteiger partial charge in [-0.1, -0.05) is 36.0 Å². The Labute approximate surface area is 146 Å². The lowest BCUT2D eigenvalue weighted by atomic mass is 10.1. The molecule has 2 aromatic rings. The molecule has 6 heteroatoms. The number of hydrogen-bond donors (Lipinski definition) is 0. The summed E-state index contributed by atoms with van der Waals surface area (Å²) in [4.78, 5) is 31.4. The Morgan fingerprint density at radius 3 is 2.62 bits per heavy atom. The van der Waals surface area contributed by atoms with E-state index in [0.29, 0.717) is 34.4 Å². The molecule has 0 radical (unpaired) electrons. The van der Waals surface area contributed by atoms with E-state index in [4.69, 9.17) is 4.74 Å². The second-order valence-corrected chi connectivity index (χ2v) is 6.44. The predicted molar refractivity (Wildman–Crippen MR) is 96.0 cm³/mol. The predicted octanol–water partition coefficient (Wildman–Crippen LogP) is 3.99. The van der Waals surface area contributed by atoms with Crippen LogP contribution in [-0.2, 0) is 4.74 Å². The molecule has 0 spiro atoms. The summed E-state index contributed by atoms with van der Waals surface area (Å²) in [7, 11) is 0. The lowest BCUT2D eigenvalue weighted by Crippen LogP contribution is -2.31. The number of hydrogen-bond acceptors (Lipinski definition) is 5. The Balaban J connectivity index is 2.35. The van der Waals surface area contributed by atoms with Crippen LogP contribution < -0.4 is 4.90 Å². The molecule has 0 aliphatic heterocycles. The van der Waals surface area contributed by atoms with Crippen LogP contribution in [0.25, 0.3) is 0 Å². The van der Waals surface area contributed by atoms with E-state index in [-0.39, 0.29) is 5.91 Å². The molecule has 2 rings (SSSR count). The number of carbonyl (C=O) groups excluding carboxylic acids is 2. The van der Waals surface area contributed by atoms with Crippen LogP contribution in [0.2, 0.25) is 0 Å². The summed E-state index contributed by atoms with van der Waals surface area (Å²) in [6, 6.07) is 7.47. The quantitative estimate of drug-likeness (QED) is 0.742. The van der Waals surface area contributed by atoms with Gasteiger partial charge in [0.15, 0.2) is 5.13 Å². The largest absolute Gasteiger partial charge is 0.462 e. The first-order chi connectivity index (χ1) is 11.5.